The number of piperazine rings is 1. The first-order chi connectivity index (χ1) is 8.32. The molecule has 0 bridgehead atoms. The zero-order valence-corrected chi connectivity index (χ0v) is 13.8. The van der Waals surface area contributed by atoms with Gasteiger partial charge in [0, 0.05) is 30.1 Å². The maximum Gasteiger partial charge on any atom is 0.244 e. The molecule has 0 aliphatic carbocycles. The number of rotatable bonds is 2. The van der Waals surface area contributed by atoms with Gasteiger partial charge in [-0.15, -0.1) is 11.3 Å². The Morgan fingerprint density at radius 3 is 2.72 bits per heavy atom. The molecule has 1 aliphatic heterocycles. The fourth-order valence-electron chi connectivity index (χ4n) is 2.14. The highest BCUT2D eigenvalue weighted by Gasteiger charge is 2.34. The number of sulfonamides is 1. The lowest BCUT2D eigenvalue weighted by Gasteiger charge is -2.36. The average Bonchev–Trinajstić information content (AvgIpc) is 2.62. The number of nitrogens with zero attached hydrogens (tertiary/aromatic N) is 1. The summed E-state index contributed by atoms with van der Waals surface area (Å²) in [5.41, 5.74) is 0. The van der Waals surface area contributed by atoms with Crippen LogP contribution in [0.5, 0.6) is 0 Å². The molecule has 2 unspecified atom stereocenters. The van der Waals surface area contributed by atoms with Crippen molar-refractivity contribution in [1.29, 1.82) is 0 Å². The molecule has 0 saturated carbocycles. The minimum Gasteiger partial charge on any atom is -0.311 e. The first kappa shape index (κ1) is 14.5. The monoisotopic (exact) mass is 352 g/mol. The van der Waals surface area contributed by atoms with E-state index in [2.05, 4.69) is 21.2 Å². The highest BCUT2D eigenvalue weighted by atomic mass is 79.9. The highest BCUT2D eigenvalue weighted by Crippen LogP contribution is 2.32. The maximum atomic E-state index is 12.7. The lowest BCUT2D eigenvalue weighted by molar-refractivity contribution is 0.244. The summed E-state index contributed by atoms with van der Waals surface area (Å²) in [7, 11) is -3.38. The molecule has 4 nitrogen and oxygen atoms in total. The van der Waals surface area contributed by atoms with E-state index in [0.717, 1.165) is 8.66 Å². The number of aryl methyl sites for hydroxylation is 1. The van der Waals surface area contributed by atoms with Gasteiger partial charge in [-0.3, -0.25) is 0 Å². The Morgan fingerprint density at radius 1 is 1.50 bits per heavy atom. The van der Waals surface area contributed by atoms with E-state index in [4.69, 9.17) is 0 Å². The van der Waals surface area contributed by atoms with Gasteiger partial charge in [0.15, 0.2) is 0 Å². The Hall–Kier alpha value is 0.0500. The number of hydrogen-bond donors (Lipinski definition) is 1. The smallest absolute Gasteiger partial charge is 0.244 e. The molecule has 0 spiro atoms. The van der Waals surface area contributed by atoms with Crippen LogP contribution in [-0.2, 0) is 10.0 Å². The third kappa shape index (κ3) is 2.65. The summed E-state index contributed by atoms with van der Waals surface area (Å²) in [4.78, 5) is 1.26. The second kappa shape index (κ2) is 5.20. The van der Waals surface area contributed by atoms with Gasteiger partial charge in [0.2, 0.25) is 10.0 Å². The Kier molecular flexibility index (Phi) is 4.18. The van der Waals surface area contributed by atoms with E-state index in [-0.39, 0.29) is 12.1 Å². The lowest BCUT2D eigenvalue weighted by atomic mass is 10.2. The van der Waals surface area contributed by atoms with E-state index >= 15 is 0 Å². The van der Waals surface area contributed by atoms with Gasteiger partial charge >= 0.3 is 0 Å². The zero-order chi connectivity index (χ0) is 13.5. The number of hydrogen-bond acceptors (Lipinski definition) is 4. The van der Waals surface area contributed by atoms with Crippen molar-refractivity contribution < 1.29 is 8.42 Å². The molecule has 1 aromatic heterocycles. The predicted molar refractivity (Wildman–Crippen MR) is 77.6 cm³/mol. The van der Waals surface area contributed by atoms with Crippen molar-refractivity contribution in [2.24, 2.45) is 0 Å². The molecule has 18 heavy (non-hydrogen) atoms. The van der Waals surface area contributed by atoms with Crippen molar-refractivity contribution in [3.05, 3.63) is 14.7 Å². The fourth-order valence-corrected chi connectivity index (χ4v) is 6.24. The largest absolute Gasteiger partial charge is 0.311 e. The van der Waals surface area contributed by atoms with Gasteiger partial charge < -0.3 is 5.32 Å². The molecular weight excluding hydrogens is 336 g/mol. The van der Waals surface area contributed by atoms with Gasteiger partial charge in [0.25, 0.3) is 0 Å². The van der Waals surface area contributed by atoms with Crippen LogP contribution in [0.25, 0.3) is 0 Å². The number of thiophene rings is 1. The standard InChI is InChI=1S/C11H17BrN2O2S2/c1-7-6-14(8(2)5-13-7)18(15,16)10-4-11(12)17-9(10)3/h4,7-8,13H,5-6H2,1-3H3. The van der Waals surface area contributed by atoms with Crippen molar-refractivity contribution in [1.82, 2.24) is 9.62 Å². The summed E-state index contributed by atoms with van der Waals surface area (Å²) in [6, 6.07) is 1.89. The molecular formula is C11H17BrN2O2S2. The lowest BCUT2D eigenvalue weighted by Crippen LogP contribution is -2.56. The first-order valence-electron chi connectivity index (χ1n) is 5.83. The normalized spacial score (nSPS) is 26.4. The van der Waals surface area contributed by atoms with Crippen LogP contribution in [0.3, 0.4) is 0 Å². The molecule has 1 fully saturated rings. The van der Waals surface area contributed by atoms with Gasteiger partial charge in [0.05, 0.1) is 8.68 Å². The molecule has 0 amide bonds. The van der Waals surface area contributed by atoms with E-state index in [0.29, 0.717) is 18.0 Å². The van der Waals surface area contributed by atoms with Gasteiger partial charge in [0.1, 0.15) is 0 Å². The molecule has 2 heterocycles. The Bertz CT molecular complexity index is 541. The average molecular weight is 353 g/mol. The zero-order valence-electron chi connectivity index (χ0n) is 10.6. The number of nitrogens with one attached hydrogen (secondary N) is 1. The van der Waals surface area contributed by atoms with Crippen LogP contribution in [0.1, 0.15) is 18.7 Å². The highest BCUT2D eigenvalue weighted by molar-refractivity contribution is 9.11. The molecule has 102 valence electrons. The van der Waals surface area contributed by atoms with Crippen LogP contribution in [0.15, 0.2) is 14.7 Å². The van der Waals surface area contributed by atoms with Crippen molar-refractivity contribution in [3.63, 3.8) is 0 Å². The van der Waals surface area contributed by atoms with E-state index in [1.54, 1.807) is 10.4 Å². The Labute approximate surface area is 121 Å². The van der Waals surface area contributed by atoms with Gasteiger partial charge in [-0.1, -0.05) is 0 Å². The van der Waals surface area contributed by atoms with Crippen LogP contribution >= 0.6 is 27.3 Å². The van der Waals surface area contributed by atoms with Crippen molar-refractivity contribution in [3.8, 4) is 0 Å². The molecule has 7 heteroatoms. The van der Waals surface area contributed by atoms with Crippen LogP contribution in [0.4, 0.5) is 0 Å². The molecule has 0 aromatic carbocycles. The summed E-state index contributed by atoms with van der Waals surface area (Å²) in [5.74, 6) is 0. The quantitative estimate of drug-likeness (QED) is 0.887. The number of halogens is 1. The molecule has 2 rings (SSSR count). The maximum absolute atomic E-state index is 12.7. The minimum absolute atomic E-state index is 0.00993. The topological polar surface area (TPSA) is 49.4 Å². The van der Waals surface area contributed by atoms with Crippen LogP contribution < -0.4 is 5.32 Å². The van der Waals surface area contributed by atoms with Crippen molar-refractivity contribution in [2.45, 2.75) is 37.8 Å². The van der Waals surface area contributed by atoms with Gasteiger partial charge in [-0.25, -0.2) is 8.42 Å². The van der Waals surface area contributed by atoms with E-state index in [9.17, 15) is 8.42 Å². The summed E-state index contributed by atoms with van der Waals surface area (Å²) >= 11 is 4.81. The molecule has 1 saturated heterocycles. The molecule has 2 atom stereocenters. The summed E-state index contributed by atoms with van der Waals surface area (Å²) in [6.45, 7) is 7.01. The van der Waals surface area contributed by atoms with Gasteiger partial charge in [-0.2, -0.15) is 4.31 Å². The van der Waals surface area contributed by atoms with E-state index in [1.165, 1.54) is 11.3 Å². The molecule has 1 aliphatic rings. The summed E-state index contributed by atoms with van der Waals surface area (Å²) < 4.78 is 27.8. The molecule has 1 N–H and O–H groups in total. The molecule has 0 radical (unpaired) electrons. The predicted octanol–water partition coefficient (Wildman–Crippen LogP) is 2.19. The van der Waals surface area contributed by atoms with E-state index in [1.807, 2.05) is 20.8 Å². The second-order valence-electron chi connectivity index (χ2n) is 4.70. The van der Waals surface area contributed by atoms with E-state index < -0.39 is 10.0 Å². The second-order valence-corrected chi connectivity index (χ2v) is 9.20. The Balaban J connectivity index is 2.38. The Morgan fingerprint density at radius 2 is 2.17 bits per heavy atom. The van der Waals surface area contributed by atoms with Crippen molar-refractivity contribution in [2.75, 3.05) is 13.1 Å². The molecule has 1 aromatic rings. The van der Waals surface area contributed by atoms with Crippen LogP contribution in [0, 0.1) is 6.92 Å². The summed E-state index contributed by atoms with van der Waals surface area (Å²) in [5, 5.41) is 3.29. The summed E-state index contributed by atoms with van der Waals surface area (Å²) in [6.07, 6.45) is 0. The first-order valence-corrected chi connectivity index (χ1v) is 8.88. The minimum atomic E-state index is -3.38. The van der Waals surface area contributed by atoms with Crippen LogP contribution in [0.2, 0.25) is 0 Å². The van der Waals surface area contributed by atoms with Crippen LogP contribution in [-0.4, -0.2) is 37.9 Å². The van der Waals surface area contributed by atoms with Crippen molar-refractivity contribution >= 4 is 37.3 Å². The fraction of sp³-hybridized carbons (Fsp3) is 0.636. The van der Waals surface area contributed by atoms with Gasteiger partial charge in [-0.05, 0) is 42.8 Å². The third-order valence-electron chi connectivity index (χ3n) is 3.14. The third-order valence-corrected chi connectivity index (χ3v) is 6.92. The SMILES string of the molecule is Cc1sc(Br)cc1S(=O)(=O)N1CC(C)NCC1C.